The molecule has 0 atom stereocenters. The Bertz CT molecular complexity index is 621. The number of imide groups is 1. The summed E-state index contributed by atoms with van der Waals surface area (Å²) < 4.78 is 0. The predicted molar refractivity (Wildman–Crippen MR) is 77.3 cm³/mol. The zero-order chi connectivity index (χ0) is 15.0. The molecule has 3 rings (SSSR count). The van der Waals surface area contributed by atoms with Gasteiger partial charge in [-0.15, -0.1) is 0 Å². The summed E-state index contributed by atoms with van der Waals surface area (Å²) in [6, 6.07) is 4.76. The van der Waals surface area contributed by atoms with Gasteiger partial charge in [-0.1, -0.05) is 18.9 Å². The molecule has 0 saturated heterocycles. The average Bonchev–Trinajstić information content (AvgIpc) is 3.03. The van der Waals surface area contributed by atoms with Crippen LogP contribution >= 0.6 is 0 Å². The molecule has 0 bridgehead atoms. The maximum atomic E-state index is 12.1. The van der Waals surface area contributed by atoms with Crippen LogP contribution in [0.4, 0.5) is 10.5 Å². The maximum Gasteiger partial charge on any atom is 0.319 e. The summed E-state index contributed by atoms with van der Waals surface area (Å²) in [7, 11) is 1.44. The van der Waals surface area contributed by atoms with Crippen molar-refractivity contribution < 1.29 is 14.4 Å². The van der Waals surface area contributed by atoms with E-state index >= 15 is 0 Å². The van der Waals surface area contributed by atoms with Gasteiger partial charge in [-0.3, -0.25) is 14.5 Å². The second kappa shape index (κ2) is 5.20. The first kappa shape index (κ1) is 13.6. The number of nitrogens with one attached hydrogen (secondary N) is 2. The van der Waals surface area contributed by atoms with Crippen LogP contribution in [0.2, 0.25) is 0 Å². The summed E-state index contributed by atoms with van der Waals surface area (Å²) in [5.41, 5.74) is 0.985. The van der Waals surface area contributed by atoms with Crippen LogP contribution in [0.5, 0.6) is 0 Å². The van der Waals surface area contributed by atoms with E-state index in [1.54, 1.807) is 18.2 Å². The van der Waals surface area contributed by atoms with Crippen molar-refractivity contribution in [1.82, 2.24) is 10.2 Å². The van der Waals surface area contributed by atoms with Gasteiger partial charge in [0.1, 0.15) is 0 Å². The molecule has 21 heavy (non-hydrogen) atoms. The van der Waals surface area contributed by atoms with Gasteiger partial charge in [0.2, 0.25) is 0 Å². The van der Waals surface area contributed by atoms with Crippen molar-refractivity contribution >= 4 is 23.5 Å². The lowest BCUT2D eigenvalue weighted by atomic mass is 10.1. The molecule has 1 aliphatic heterocycles. The van der Waals surface area contributed by atoms with Gasteiger partial charge in [0, 0.05) is 13.1 Å². The van der Waals surface area contributed by atoms with E-state index in [1.807, 2.05) is 0 Å². The molecule has 0 unspecified atom stereocenters. The van der Waals surface area contributed by atoms with Gasteiger partial charge in [0.25, 0.3) is 11.8 Å². The second-order valence-corrected chi connectivity index (χ2v) is 5.48. The van der Waals surface area contributed by atoms with Crippen molar-refractivity contribution in [1.29, 1.82) is 0 Å². The number of hydrogen-bond donors (Lipinski definition) is 2. The number of carbonyl (C=O) groups excluding carboxylic acids is 3. The minimum atomic E-state index is -0.383. The highest BCUT2D eigenvalue weighted by Crippen LogP contribution is 2.28. The van der Waals surface area contributed by atoms with Gasteiger partial charge in [0.05, 0.1) is 16.8 Å². The summed E-state index contributed by atoms with van der Waals surface area (Å²) in [5.74, 6) is -0.721. The molecule has 0 spiro atoms. The molecular formula is C15H17N3O3. The van der Waals surface area contributed by atoms with E-state index < -0.39 is 0 Å². The van der Waals surface area contributed by atoms with E-state index in [0.29, 0.717) is 11.3 Å². The van der Waals surface area contributed by atoms with Crippen LogP contribution in [0.25, 0.3) is 0 Å². The number of amides is 4. The van der Waals surface area contributed by atoms with Crippen LogP contribution in [-0.2, 0) is 0 Å². The SMILES string of the molecule is CN1C(=O)c2cccc(NC(=O)NC3CCCC3)c2C1=O. The number of anilines is 1. The Balaban J connectivity index is 1.79. The fourth-order valence-corrected chi connectivity index (χ4v) is 2.92. The molecule has 6 nitrogen and oxygen atoms in total. The summed E-state index contributed by atoms with van der Waals surface area (Å²) in [6.07, 6.45) is 4.23. The van der Waals surface area contributed by atoms with Crippen LogP contribution in [0.1, 0.15) is 46.4 Å². The van der Waals surface area contributed by atoms with Gasteiger partial charge in [0.15, 0.2) is 0 Å². The molecule has 2 aliphatic rings. The largest absolute Gasteiger partial charge is 0.335 e. The fourth-order valence-electron chi connectivity index (χ4n) is 2.92. The molecule has 110 valence electrons. The predicted octanol–water partition coefficient (Wildman–Crippen LogP) is 1.98. The monoisotopic (exact) mass is 287 g/mol. The molecule has 6 heteroatoms. The van der Waals surface area contributed by atoms with Crippen molar-refractivity contribution in [2.45, 2.75) is 31.7 Å². The Hall–Kier alpha value is -2.37. The smallest absolute Gasteiger partial charge is 0.319 e. The first-order valence-electron chi connectivity index (χ1n) is 7.11. The number of nitrogens with zero attached hydrogens (tertiary/aromatic N) is 1. The Kier molecular flexibility index (Phi) is 3.37. The zero-order valence-electron chi connectivity index (χ0n) is 11.8. The third kappa shape index (κ3) is 2.37. The van der Waals surface area contributed by atoms with E-state index in [-0.39, 0.29) is 29.5 Å². The topological polar surface area (TPSA) is 78.5 Å². The average molecular weight is 287 g/mol. The van der Waals surface area contributed by atoms with Gasteiger partial charge in [-0.05, 0) is 25.0 Å². The number of carbonyl (C=O) groups is 3. The number of hydrogen-bond acceptors (Lipinski definition) is 3. The summed E-state index contributed by atoms with van der Waals surface area (Å²) in [4.78, 5) is 37.1. The van der Waals surface area contributed by atoms with Crippen LogP contribution in [-0.4, -0.2) is 35.8 Å². The summed E-state index contributed by atoms with van der Waals surface area (Å²) >= 11 is 0. The normalized spacial score (nSPS) is 18.0. The molecule has 4 amide bonds. The number of fused-ring (bicyclic) bond motifs is 1. The van der Waals surface area contributed by atoms with E-state index in [1.165, 1.54) is 7.05 Å². The van der Waals surface area contributed by atoms with Crippen LogP contribution < -0.4 is 10.6 Å². The first-order valence-corrected chi connectivity index (χ1v) is 7.11. The van der Waals surface area contributed by atoms with Gasteiger partial charge in [-0.2, -0.15) is 0 Å². The molecule has 1 aromatic rings. The molecule has 0 radical (unpaired) electrons. The van der Waals surface area contributed by atoms with E-state index in [9.17, 15) is 14.4 Å². The standard InChI is InChI=1S/C15H17N3O3/c1-18-13(19)10-7-4-8-11(12(10)14(18)20)17-15(21)16-9-5-2-3-6-9/h4,7-9H,2-3,5-6H2,1H3,(H2,16,17,21). The highest BCUT2D eigenvalue weighted by Gasteiger charge is 2.35. The lowest BCUT2D eigenvalue weighted by molar-refractivity contribution is 0.0693. The molecule has 1 aliphatic carbocycles. The summed E-state index contributed by atoms with van der Waals surface area (Å²) in [5, 5.41) is 5.59. The number of benzene rings is 1. The minimum absolute atomic E-state index is 0.196. The minimum Gasteiger partial charge on any atom is -0.335 e. The van der Waals surface area contributed by atoms with Crippen molar-refractivity contribution in [2.24, 2.45) is 0 Å². The Morgan fingerprint density at radius 3 is 2.62 bits per heavy atom. The second-order valence-electron chi connectivity index (χ2n) is 5.48. The molecule has 1 saturated carbocycles. The molecule has 0 aromatic heterocycles. The van der Waals surface area contributed by atoms with E-state index in [2.05, 4.69) is 10.6 Å². The molecule has 2 N–H and O–H groups in total. The first-order chi connectivity index (χ1) is 10.1. The van der Waals surface area contributed by atoms with E-state index in [0.717, 1.165) is 30.6 Å². The highest BCUT2D eigenvalue weighted by atomic mass is 16.2. The Labute approximate surface area is 122 Å². The van der Waals surface area contributed by atoms with Gasteiger partial charge >= 0.3 is 6.03 Å². The maximum absolute atomic E-state index is 12.1. The van der Waals surface area contributed by atoms with Crippen LogP contribution in [0.15, 0.2) is 18.2 Å². The summed E-state index contributed by atoms with van der Waals surface area (Å²) in [6.45, 7) is 0. The zero-order valence-corrected chi connectivity index (χ0v) is 11.8. The highest BCUT2D eigenvalue weighted by molar-refractivity contribution is 6.24. The van der Waals surface area contributed by atoms with Gasteiger partial charge in [-0.25, -0.2) is 4.79 Å². The van der Waals surface area contributed by atoms with Crippen molar-refractivity contribution in [3.8, 4) is 0 Å². The Morgan fingerprint density at radius 2 is 1.90 bits per heavy atom. The lowest BCUT2D eigenvalue weighted by Gasteiger charge is -2.14. The third-order valence-corrected chi connectivity index (χ3v) is 4.06. The molecule has 1 fully saturated rings. The molecular weight excluding hydrogens is 270 g/mol. The number of urea groups is 1. The Morgan fingerprint density at radius 1 is 1.19 bits per heavy atom. The van der Waals surface area contributed by atoms with Crippen LogP contribution in [0.3, 0.4) is 0 Å². The van der Waals surface area contributed by atoms with E-state index in [4.69, 9.17) is 0 Å². The quantitative estimate of drug-likeness (QED) is 0.816. The van der Waals surface area contributed by atoms with Crippen LogP contribution in [0, 0.1) is 0 Å². The van der Waals surface area contributed by atoms with Crippen molar-refractivity contribution in [2.75, 3.05) is 12.4 Å². The molecule has 1 aromatic carbocycles. The van der Waals surface area contributed by atoms with Crippen molar-refractivity contribution in [3.63, 3.8) is 0 Å². The van der Waals surface area contributed by atoms with Crippen molar-refractivity contribution in [3.05, 3.63) is 29.3 Å². The third-order valence-electron chi connectivity index (χ3n) is 4.06. The number of rotatable bonds is 2. The lowest BCUT2D eigenvalue weighted by Crippen LogP contribution is -2.36. The van der Waals surface area contributed by atoms with Gasteiger partial charge < -0.3 is 10.6 Å². The fraction of sp³-hybridized carbons (Fsp3) is 0.400. The molecule has 1 heterocycles.